The number of carbonyl (C=O) groups is 1. The highest BCUT2D eigenvalue weighted by molar-refractivity contribution is 14.0. The molecule has 0 unspecified atom stereocenters. The van der Waals surface area contributed by atoms with Crippen LogP contribution in [-0.4, -0.2) is 24.6 Å². The van der Waals surface area contributed by atoms with Gasteiger partial charge in [0.15, 0.2) is 5.96 Å². The van der Waals surface area contributed by atoms with Crippen LogP contribution in [0.1, 0.15) is 31.9 Å². The summed E-state index contributed by atoms with van der Waals surface area (Å²) in [5.41, 5.74) is 2.81. The van der Waals surface area contributed by atoms with Crippen LogP contribution in [0.15, 0.2) is 53.5 Å². The molecule has 0 aromatic heterocycles. The summed E-state index contributed by atoms with van der Waals surface area (Å²) >= 11 is 6.20. The van der Waals surface area contributed by atoms with Crippen LogP contribution in [0.4, 0.5) is 10.5 Å². The summed E-state index contributed by atoms with van der Waals surface area (Å²) in [6, 6.07) is 15.3. The van der Waals surface area contributed by atoms with E-state index in [1.807, 2.05) is 69.3 Å². The maximum atomic E-state index is 11.7. The van der Waals surface area contributed by atoms with Crippen LogP contribution in [0, 0.1) is 0 Å². The van der Waals surface area contributed by atoms with Crippen LogP contribution >= 0.6 is 35.6 Å². The van der Waals surface area contributed by atoms with E-state index >= 15 is 0 Å². The van der Waals surface area contributed by atoms with Gasteiger partial charge in [-0.25, -0.2) is 9.79 Å². The third kappa shape index (κ3) is 9.36. The van der Waals surface area contributed by atoms with Crippen molar-refractivity contribution in [2.75, 3.05) is 11.9 Å². The Morgan fingerprint density at radius 3 is 2.38 bits per heavy atom. The quantitative estimate of drug-likeness (QED) is 0.238. The summed E-state index contributed by atoms with van der Waals surface area (Å²) in [5.74, 6) is 0.723. The maximum Gasteiger partial charge on any atom is 0.319 e. The van der Waals surface area contributed by atoms with Crippen LogP contribution in [0.5, 0.6) is 0 Å². The van der Waals surface area contributed by atoms with E-state index in [9.17, 15) is 4.79 Å². The third-order valence-corrected chi connectivity index (χ3v) is 4.17. The Balaban J connectivity index is 0.00000420. The second-order valence-electron chi connectivity index (χ2n) is 6.59. The Labute approximate surface area is 194 Å². The molecule has 0 saturated heterocycles. The maximum absolute atomic E-state index is 11.7. The Morgan fingerprint density at radius 1 is 1.07 bits per heavy atom. The first-order chi connectivity index (χ1) is 13.5. The van der Waals surface area contributed by atoms with Crippen molar-refractivity contribution in [2.45, 2.75) is 39.9 Å². The average molecular weight is 530 g/mol. The van der Waals surface area contributed by atoms with Gasteiger partial charge in [0.2, 0.25) is 0 Å². The number of halogens is 2. The molecule has 4 N–H and O–H groups in total. The fourth-order valence-electron chi connectivity index (χ4n) is 2.46. The molecule has 0 fully saturated rings. The Morgan fingerprint density at radius 2 is 1.76 bits per heavy atom. The molecule has 29 heavy (non-hydrogen) atoms. The molecule has 0 atom stereocenters. The van der Waals surface area contributed by atoms with Gasteiger partial charge in [-0.1, -0.05) is 41.9 Å². The molecule has 158 valence electrons. The third-order valence-electron chi connectivity index (χ3n) is 3.80. The number of benzene rings is 2. The highest BCUT2D eigenvalue weighted by Crippen LogP contribution is 2.14. The molecule has 0 heterocycles. The zero-order valence-corrected chi connectivity index (χ0v) is 20.0. The summed E-state index contributed by atoms with van der Waals surface area (Å²) in [6.07, 6.45) is 0. The molecule has 2 aromatic rings. The van der Waals surface area contributed by atoms with Crippen molar-refractivity contribution in [3.63, 3.8) is 0 Å². The molecule has 0 aliphatic rings. The van der Waals surface area contributed by atoms with Crippen LogP contribution in [0.3, 0.4) is 0 Å². The molecular weight excluding hydrogens is 501 g/mol. The van der Waals surface area contributed by atoms with Crippen LogP contribution in [0.2, 0.25) is 5.02 Å². The van der Waals surface area contributed by atoms with Crippen molar-refractivity contribution in [3.8, 4) is 0 Å². The van der Waals surface area contributed by atoms with E-state index in [1.165, 1.54) is 0 Å². The smallest absolute Gasteiger partial charge is 0.319 e. The van der Waals surface area contributed by atoms with Gasteiger partial charge in [0.1, 0.15) is 0 Å². The number of guanidine groups is 1. The van der Waals surface area contributed by atoms with Gasteiger partial charge in [0, 0.05) is 29.8 Å². The average Bonchev–Trinajstić information content (AvgIpc) is 2.65. The van der Waals surface area contributed by atoms with Crippen molar-refractivity contribution in [1.82, 2.24) is 16.0 Å². The number of aliphatic imine (C=N–C) groups is 1. The van der Waals surface area contributed by atoms with E-state index in [-0.39, 0.29) is 36.0 Å². The van der Waals surface area contributed by atoms with Crippen molar-refractivity contribution in [3.05, 3.63) is 64.7 Å². The number of urea groups is 1. The van der Waals surface area contributed by atoms with Gasteiger partial charge in [-0.05, 0) is 50.1 Å². The molecular formula is C21H29ClIN5O. The van der Waals surface area contributed by atoms with Gasteiger partial charge in [-0.3, -0.25) is 0 Å². The zero-order chi connectivity index (χ0) is 20.4. The van der Waals surface area contributed by atoms with Crippen molar-refractivity contribution in [1.29, 1.82) is 0 Å². The fourth-order valence-corrected chi connectivity index (χ4v) is 2.66. The molecule has 6 nitrogen and oxygen atoms in total. The first-order valence-electron chi connectivity index (χ1n) is 9.40. The second kappa shape index (κ2) is 13.3. The summed E-state index contributed by atoms with van der Waals surface area (Å²) in [7, 11) is 0. The molecule has 0 radical (unpaired) electrons. The fraction of sp³-hybridized carbons (Fsp3) is 0.333. The lowest BCUT2D eigenvalue weighted by Gasteiger charge is -2.12. The van der Waals surface area contributed by atoms with Gasteiger partial charge in [0.25, 0.3) is 0 Å². The van der Waals surface area contributed by atoms with Crippen molar-refractivity contribution in [2.24, 2.45) is 4.99 Å². The van der Waals surface area contributed by atoms with Gasteiger partial charge < -0.3 is 21.3 Å². The number of hydrogen-bond donors (Lipinski definition) is 4. The van der Waals surface area contributed by atoms with Crippen LogP contribution in [0.25, 0.3) is 0 Å². The number of carbonyl (C=O) groups excluding carboxylic acids is 1. The van der Waals surface area contributed by atoms with Gasteiger partial charge >= 0.3 is 6.03 Å². The standard InChI is InChI=1S/C21H28ClN5O.HI/c1-4-23-20(25-14-17-7-5-6-8-19(17)22)24-13-16-9-11-18(12-10-16)27-21(28)26-15(2)3;/h5-12,15H,4,13-14H2,1-3H3,(H2,23,24,25)(H2,26,27,28);1H. The minimum Gasteiger partial charge on any atom is -0.357 e. The van der Waals surface area contributed by atoms with E-state index in [1.54, 1.807) is 0 Å². The lowest BCUT2D eigenvalue weighted by atomic mass is 10.2. The summed E-state index contributed by atoms with van der Waals surface area (Å²) in [4.78, 5) is 16.3. The van der Waals surface area contributed by atoms with Crippen molar-refractivity contribution >= 4 is 53.3 Å². The molecule has 2 amide bonds. The van der Waals surface area contributed by atoms with E-state index in [4.69, 9.17) is 11.6 Å². The number of hydrogen-bond acceptors (Lipinski definition) is 2. The number of amides is 2. The lowest BCUT2D eigenvalue weighted by molar-refractivity contribution is 0.250. The first-order valence-corrected chi connectivity index (χ1v) is 9.77. The number of nitrogens with one attached hydrogen (secondary N) is 4. The lowest BCUT2D eigenvalue weighted by Crippen LogP contribution is -2.36. The van der Waals surface area contributed by atoms with Gasteiger partial charge in [0.05, 0.1) is 6.54 Å². The summed E-state index contributed by atoms with van der Waals surface area (Å²) in [6.45, 7) is 7.75. The molecule has 0 spiro atoms. The predicted molar refractivity (Wildman–Crippen MR) is 132 cm³/mol. The van der Waals surface area contributed by atoms with Gasteiger partial charge in [-0.2, -0.15) is 0 Å². The summed E-state index contributed by atoms with van der Waals surface area (Å²) < 4.78 is 0. The molecule has 2 rings (SSSR count). The van der Waals surface area contributed by atoms with Crippen LogP contribution < -0.4 is 21.3 Å². The highest BCUT2D eigenvalue weighted by Gasteiger charge is 2.04. The molecule has 0 aliphatic heterocycles. The molecule has 0 saturated carbocycles. The zero-order valence-electron chi connectivity index (χ0n) is 17.0. The number of rotatable bonds is 7. The SMILES string of the molecule is CCNC(=NCc1ccc(NC(=O)NC(C)C)cc1)NCc1ccccc1Cl.I. The first kappa shape index (κ1) is 25.0. The number of anilines is 1. The van der Waals surface area contributed by atoms with Gasteiger partial charge in [-0.15, -0.1) is 24.0 Å². The Hall–Kier alpha value is -2.00. The van der Waals surface area contributed by atoms with E-state index in [0.717, 1.165) is 34.3 Å². The summed E-state index contributed by atoms with van der Waals surface area (Å²) in [5, 5.41) is 12.9. The monoisotopic (exact) mass is 529 g/mol. The second-order valence-corrected chi connectivity index (χ2v) is 7.00. The number of nitrogens with zero attached hydrogens (tertiary/aromatic N) is 1. The minimum atomic E-state index is -0.209. The normalized spacial score (nSPS) is 10.9. The Bertz CT molecular complexity index is 796. The topological polar surface area (TPSA) is 77.5 Å². The van der Waals surface area contributed by atoms with Crippen molar-refractivity contribution < 1.29 is 4.79 Å². The van der Waals surface area contributed by atoms with E-state index in [2.05, 4.69) is 26.3 Å². The van der Waals surface area contributed by atoms with E-state index < -0.39 is 0 Å². The molecule has 0 aliphatic carbocycles. The van der Waals surface area contributed by atoms with E-state index in [0.29, 0.717) is 13.1 Å². The predicted octanol–water partition coefficient (Wildman–Crippen LogP) is 4.74. The molecule has 8 heteroatoms. The molecule has 0 bridgehead atoms. The largest absolute Gasteiger partial charge is 0.357 e. The molecule has 2 aromatic carbocycles. The van der Waals surface area contributed by atoms with Crippen LogP contribution in [-0.2, 0) is 13.1 Å². The highest BCUT2D eigenvalue weighted by atomic mass is 127. The minimum absolute atomic E-state index is 0. The Kier molecular flexibility index (Phi) is 11.5.